The molecular weight excluding hydrogens is 450 g/mol. The minimum absolute atomic E-state index is 0.169. The summed E-state index contributed by atoms with van der Waals surface area (Å²) in [5, 5.41) is 18.6. The van der Waals surface area contributed by atoms with Gasteiger partial charge in [0.1, 0.15) is 17.7 Å². The van der Waals surface area contributed by atoms with Crippen LogP contribution in [0.2, 0.25) is 0 Å². The van der Waals surface area contributed by atoms with Crippen molar-refractivity contribution in [2.75, 3.05) is 7.05 Å². The number of rotatable bonds is 1. The Balaban J connectivity index is 1.74. The van der Waals surface area contributed by atoms with Gasteiger partial charge in [-0.2, -0.15) is 0 Å². The fourth-order valence-corrected chi connectivity index (χ4v) is 7.68. The van der Waals surface area contributed by atoms with Crippen LogP contribution < -0.4 is 5.32 Å². The maximum absolute atomic E-state index is 13.5. The van der Waals surface area contributed by atoms with Crippen LogP contribution in [0.15, 0.2) is 36.4 Å². The van der Waals surface area contributed by atoms with Crippen LogP contribution in [0.3, 0.4) is 0 Å². The zero-order chi connectivity index (χ0) is 24.7. The van der Waals surface area contributed by atoms with Crippen LogP contribution in [0, 0.1) is 12.8 Å². The first-order chi connectivity index (χ1) is 17.3. The minimum Gasteiger partial charge on any atom is -0.508 e. The number of phenolic OH excluding ortho intramolecular Hbond substituents is 1. The number of carbonyl (C=O) groups excluding carboxylic acids is 1. The second-order valence-electron chi connectivity index (χ2n) is 11.2. The molecule has 36 heavy (non-hydrogen) atoms. The number of aromatic nitrogens is 2. The highest BCUT2D eigenvalue weighted by Gasteiger charge is 2.50. The number of Topliss-reactive ketones (excluding diaryl/α,β-unsaturated/α-hetero) is 1. The molecule has 3 aliphatic rings. The number of hydrogen-bond acceptors (Lipinski definition) is 4. The first-order valence-corrected chi connectivity index (χ1v) is 13.0. The van der Waals surface area contributed by atoms with Gasteiger partial charge in [-0.25, -0.2) is 0 Å². The third-order valence-corrected chi connectivity index (χ3v) is 9.45. The molecule has 2 N–H and O–H groups in total. The van der Waals surface area contributed by atoms with Crippen molar-refractivity contribution in [3.63, 3.8) is 0 Å². The number of carbonyl (C=O) groups is 1. The SMILES string of the molecule is CN[C@@H]1C[C@H]2O[C@@](C)([C@@H]1C)n1c3cc(O)ccc3c3c4c(c5c6ccc(C)cc6n2c5c31)C(=O)CC4. The van der Waals surface area contributed by atoms with Gasteiger partial charge >= 0.3 is 0 Å². The second-order valence-corrected chi connectivity index (χ2v) is 11.2. The second kappa shape index (κ2) is 6.50. The summed E-state index contributed by atoms with van der Waals surface area (Å²) in [5.74, 6) is 0.634. The van der Waals surface area contributed by atoms with Gasteiger partial charge < -0.3 is 24.3 Å². The van der Waals surface area contributed by atoms with Gasteiger partial charge in [-0.3, -0.25) is 4.79 Å². The molecule has 8 rings (SSSR count). The third kappa shape index (κ3) is 2.20. The monoisotopic (exact) mass is 479 g/mol. The fraction of sp³-hybridized carbons (Fsp3) is 0.367. The number of phenols is 1. The topological polar surface area (TPSA) is 68.4 Å². The molecule has 3 aromatic carbocycles. The average Bonchev–Trinajstić information content (AvgIpc) is 3.47. The van der Waals surface area contributed by atoms with E-state index in [1.807, 2.05) is 19.2 Å². The van der Waals surface area contributed by atoms with E-state index in [-0.39, 0.29) is 29.7 Å². The minimum atomic E-state index is -0.649. The van der Waals surface area contributed by atoms with E-state index in [2.05, 4.69) is 53.4 Å². The van der Waals surface area contributed by atoms with E-state index < -0.39 is 5.72 Å². The Kier molecular flexibility index (Phi) is 3.75. The van der Waals surface area contributed by atoms with Crippen molar-refractivity contribution in [1.82, 2.24) is 14.5 Å². The predicted octanol–water partition coefficient (Wildman–Crippen LogP) is 5.87. The molecule has 1 saturated heterocycles. The number of aryl methyl sites for hydroxylation is 2. The predicted molar refractivity (Wildman–Crippen MR) is 142 cm³/mol. The quantitative estimate of drug-likeness (QED) is 0.315. The third-order valence-electron chi connectivity index (χ3n) is 9.45. The van der Waals surface area contributed by atoms with Crippen LogP contribution in [0.1, 0.15) is 54.4 Å². The van der Waals surface area contributed by atoms with Crippen LogP contribution in [-0.4, -0.2) is 33.1 Å². The van der Waals surface area contributed by atoms with Gasteiger partial charge in [-0.05, 0) is 56.6 Å². The standard InChI is InChI=1S/C30H29N3O3/c1-14-5-7-17-21(11-14)32-24-13-20(31-4)15(2)30(3,36-24)33-22-12-16(34)6-8-18(22)25-19-9-10-23(35)26(19)27(17)28(32)29(25)33/h5-8,11-12,15,20,24,31,34H,9-10,13H2,1-4H3/t15-,20-,24-,30+/m1/s1. The molecule has 0 saturated carbocycles. The molecule has 2 bridgehead atoms. The largest absolute Gasteiger partial charge is 0.508 e. The Morgan fingerprint density at radius 1 is 1.06 bits per heavy atom. The molecule has 4 heterocycles. The number of nitrogens with one attached hydrogen (secondary N) is 1. The summed E-state index contributed by atoms with van der Waals surface area (Å²) in [7, 11) is 2.03. The van der Waals surface area contributed by atoms with Crippen molar-refractivity contribution in [3.05, 3.63) is 53.1 Å². The summed E-state index contributed by atoms with van der Waals surface area (Å²) in [6.45, 7) is 6.58. The Bertz CT molecular complexity index is 1830. The summed E-state index contributed by atoms with van der Waals surface area (Å²) in [4.78, 5) is 13.5. The molecule has 6 heteroatoms. The fourth-order valence-electron chi connectivity index (χ4n) is 7.68. The lowest BCUT2D eigenvalue weighted by atomic mass is 9.85. The summed E-state index contributed by atoms with van der Waals surface area (Å²) >= 11 is 0. The number of nitrogens with zero attached hydrogens (tertiary/aromatic N) is 2. The van der Waals surface area contributed by atoms with Gasteiger partial charge in [0.05, 0.1) is 22.1 Å². The smallest absolute Gasteiger partial charge is 0.164 e. The average molecular weight is 480 g/mol. The van der Waals surface area contributed by atoms with Gasteiger partial charge in [0.15, 0.2) is 5.78 Å². The number of ketones is 1. The number of hydrogen-bond donors (Lipinski definition) is 2. The molecule has 0 amide bonds. The maximum atomic E-state index is 13.5. The van der Waals surface area contributed by atoms with E-state index in [1.54, 1.807) is 6.07 Å². The van der Waals surface area contributed by atoms with Crippen molar-refractivity contribution in [3.8, 4) is 5.75 Å². The molecule has 1 fully saturated rings. The summed E-state index contributed by atoms with van der Waals surface area (Å²) in [6, 6.07) is 12.4. The molecule has 182 valence electrons. The number of benzene rings is 3. The van der Waals surface area contributed by atoms with Crippen LogP contribution in [0.25, 0.3) is 43.6 Å². The number of aromatic hydroxyl groups is 1. The van der Waals surface area contributed by atoms with Crippen molar-refractivity contribution in [2.45, 2.75) is 58.0 Å². The van der Waals surface area contributed by atoms with Crippen molar-refractivity contribution < 1.29 is 14.6 Å². The van der Waals surface area contributed by atoms with E-state index in [4.69, 9.17) is 4.74 Å². The lowest BCUT2D eigenvalue weighted by Gasteiger charge is -2.48. The molecule has 0 radical (unpaired) electrons. The zero-order valence-electron chi connectivity index (χ0n) is 21.0. The van der Waals surface area contributed by atoms with E-state index in [9.17, 15) is 9.90 Å². The maximum Gasteiger partial charge on any atom is 0.164 e. The van der Waals surface area contributed by atoms with Crippen molar-refractivity contribution in [1.29, 1.82) is 0 Å². The number of fused-ring (bicyclic) bond motifs is 13. The van der Waals surface area contributed by atoms with Gasteiger partial charge in [0.2, 0.25) is 0 Å². The summed E-state index contributed by atoms with van der Waals surface area (Å²) in [6.07, 6.45) is 1.94. The molecule has 6 nitrogen and oxygen atoms in total. The van der Waals surface area contributed by atoms with E-state index in [0.717, 1.165) is 67.6 Å². The molecular formula is C30H29N3O3. The highest BCUT2D eigenvalue weighted by Crippen LogP contribution is 2.55. The highest BCUT2D eigenvalue weighted by molar-refractivity contribution is 6.31. The van der Waals surface area contributed by atoms with Gasteiger partial charge in [0.25, 0.3) is 0 Å². The van der Waals surface area contributed by atoms with E-state index in [0.29, 0.717) is 6.42 Å². The number of ether oxygens (including phenoxy) is 1. The molecule has 5 aromatic rings. The van der Waals surface area contributed by atoms with Crippen LogP contribution in [-0.2, 0) is 16.9 Å². The van der Waals surface area contributed by atoms with Crippen LogP contribution in [0.4, 0.5) is 0 Å². The van der Waals surface area contributed by atoms with Crippen LogP contribution >= 0.6 is 0 Å². The Morgan fingerprint density at radius 3 is 2.64 bits per heavy atom. The van der Waals surface area contributed by atoms with Gasteiger partial charge in [-0.15, -0.1) is 0 Å². The normalized spacial score (nSPS) is 27.1. The molecule has 2 aromatic heterocycles. The van der Waals surface area contributed by atoms with E-state index in [1.165, 1.54) is 5.56 Å². The van der Waals surface area contributed by atoms with Gasteiger partial charge in [-0.1, -0.05) is 19.1 Å². The summed E-state index contributed by atoms with van der Waals surface area (Å²) < 4.78 is 11.9. The lowest BCUT2D eigenvalue weighted by Crippen LogP contribution is -2.54. The van der Waals surface area contributed by atoms with Gasteiger partial charge in [0, 0.05) is 58.0 Å². The molecule has 0 spiro atoms. The molecule has 0 unspecified atom stereocenters. The molecule has 2 aliphatic heterocycles. The zero-order valence-corrected chi connectivity index (χ0v) is 21.0. The lowest BCUT2D eigenvalue weighted by molar-refractivity contribution is -0.224. The van der Waals surface area contributed by atoms with Crippen LogP contribution in [0.5, 0.6) is 5.75 Å². The molecule has 1 aliphatic carbocycles. The molecule has 4 atom stereocenters. The first kappa shape index (κ1) is 20.8. The van der Waals surface area contributed by atoms with Crippen molar-refractivity contribution in [2.24, 2.45) is 5.92 Å². The first-order valence-electron chi connectivity index (χ1n) is 13.0. The Hall–Kier alpha value is -3.35. The Labute approximate surface area is 208 Å². The highest BCUT2D eigenvalue weighted by atomic mass is 16.5. The van der Waals surface area contributed by atoms with E-state index >= 15 is 0 Å². The summed E-state index contributed by atoms with van der Waals surface area (Å²) in [5.41, 5.74) is 6.87. The Morgan fingerprint density at radius 2 is 1.83 bits per heavy atom. The van der Waals surface area contributed by atoms with Crippen molar-refractivity contribution >= 4 is 49.4 Å².